The number of carbonyl (C=O) groups excluding carboxylic acids is 1. The number of pyridine rings is 2. The van der Waals surface area contributed by atoms with Crippen molar-refractivity contribution in [2.45, 2.75) is 25.2 Å². The smallest absolute Gasteiger partial charge is 0.270 e. The van der Waals surface area contributed by atoms with Crippen LogP contribution >= 0.6 is 0 Å². The van der Waals surface area contributed by atoms with Gasteiger partial charge in [-0.25, -0.2) is 4.98 Å². The van der Waals surface area contributed by atoms with E-state index >= 15 is 0 Å². The molecule has 0 saturated carbocycles. The molecule has 9 nitrogen and oxygen atoms in total. The number of carbonyl (C=O) groups is 1. The maximum absolute atomic E-state index is 13.0. The van der Waals surface area contributed by atoms with Gasteiger partial charge in [0.05, 0.1) is 19.4 Å². The van der Waals surface area contributed by atoms with Gasteiger partial charge in [-0.1, -0.05) is 6.07 Å². The maximum atomic E-state index is 13.0. The molecule has 31 heavy (non-hydrogen) atoms. The van der Waals surface area contributed by atoms with Crippen molar-refractivity contribution in [1.82, 2.24) is 19.3 Å². The molecule has 0 aliphatic carbocycles. The van der Waals surface area contributed by atoms with Crippen LogP contribution in [0, 0.1) is 6.92 Å². The minimum atomic E-state index is -0.385. The van der Waals surface area contributed by atoms with Crippen molar-refractivity contribution in [2.75, 3.05) is 26.3 Å². The molecule has 9 heteroatoms. The third-order valence-corrected chi connectivity index (χ3v) is 5.53. The minimum absolute atomic E-state index is 0.0354. The van der Waals surface area contributed by atoms with Gasteiger partial charge < -0.3 is 19.1 Å². The van der Waals surface area contributed by atoms with Crippen LogP contribution in [0.5, 0.6) is 5.75 Å². The predicted molar refractivity (Wildman–Crippen MR) is 110 cm³/mol. The van der Waals surface area contributed by atoms with Gasteiger partial charge in [0.2, 0.25) is 0 Å². The van der Waals surface area contributed by atoms with E-state index in [0.717, 1.165) is 5.69 Å². The summed E-state index contributed by atoms with van der Waals surface area (Å²) >= 11 is 0. The number of amides is 1. The highest BCUT2D eigenvalue weighted by molar-refractivity contribution is 5.94. The summed E-state index contributed by atoms with van der Waals surface area (Å²) in [5.41, 5.74) is 1.07. The van der Waals surface area contributed by atoms with Gasteiger partial charge in [-0.05, 0) is 31.2 Å². The number of hydrogen-bond donors (Lipinski definition) is 0. The Morgan fingerprint density at radius 2 is 1.84 bits per heavy atom. The van der Waals surface area contributed by atoms with E-state index in [4.69, 9.17) is 14.2 Å². The molecule has 1 amide bonds. The number of ether oxygens (including phenoxy) is 3. The maximum Gasteiger partial charge on any atom is 0.270 e. The molecule has 0 N–H and O–H groups in total. The Labute approximate surface area is 178 Å². The molecule has 3 aromatic heterocycles. The number of fused-ring (bicyclic) bond motifs is 2. The molecule has 5 rings (SSSR count). The van der Waals surface area contributed by atoms with Gasteiger partial charge >= 0.3 is 0 Å². The fraction of sp³-hybridized carbons (Fsp3) is 0.364. The van der Waals surface area contributed by atoms with E-state index in [9.17, 15) is 9.59 Å². The van der Waals surface area contributed by atoms with Crippen LogP contribution in [0.2, 0.25) is 0 Å². The van der Waals surface area contributed by atoms with Crippen LogP contribution in [0.4, 0.5) is 0 Å². The van der Waals surface area contributed by atoms with Crippen LogP contribution in [0.1, 0.15) is 16.1 Å². The molecule has 2 aliphatic heterocycles. The fourth-order valence-electron chi connectivity index (χ4n) is 3.87. The minimum Gasteiger partial charge on any atom is -0.484 e. The molecule has 0 bridgehead atoms. The zero-order valence-electron chi connectivity index (χ0n) is 17.0. The zero-order valence-corrected chi connectivity index (χ0v) is 17.0. The fourth-order valence-corrected chi connectivity index (χ4v) is 3.87. The largest absolute Gasteiger partial charge is 0.484 e. The highest BCUT2D eigenvalue weighted by Gasteiger charge is 2.40. The first kappa shape index (κ1) is 19.7. The van der Waals surface area contributed by atoms with E-state index in [-0.39, 0.29) is 35.3 Å². The van der Waals surface area contributed by atoms with Gasteiger partial charge in [0.15, 0.2) is 0 Å². The van der Waals surface area contributed by atoms with Crippen LogP contribution < -0.4 is 10.3 Å². The summed E-state index contributed by atoms with van der Waals surface area (Å²) in [6, 6.07) is 8.99. The third kappa shape index (κ3) is 3.89. The summed E-state index contributed by atoms with van der Waals surface area (Å²) in [6.45, 7) is 3.30. The lowest BCUT2D eigenvalue weighted by Gasteiger charge is -2.19. The summed E-state index contributed by atoms with van der Waals surface area (Å²) in [7, 11) is 0. The number of rotatable bonds is 3. The third-order valence-electron chi connectivity index (χ3n) is 5.53. The first-order chi connectivity index (χ1) is 15.1. The first-order valence-corrected chi connectivity index (χ1v) is 10.2. The summed E-state index contributed by atoms with van der Waals surface area (Å²) in [6.07, 6.45) is 3.82. The lowest BCUT2D eigenvalue weighted by atomic mass is 10.3. The molecule has 2 saturated heterocycles. The molecule has 2 aliphatic rings. The lowest BCUT2D eigenvalue weighted by Crippen LogP contribution is -2.36. The lowest BCUT2D eigenvalue weighted by molar-refractivity contribution is -0.00461. The molecule has 2 fully saturated rings. The first-order valence-electron chi connectivity index (χ1n) is 10.2. The molecule has 2 atom stereocenters. The summed E-state index contributed by atoms with van der Waals surface area (Å²) in [5.74, 6) is 0.297. The van der Waals surface area contributed by atoms with E-state index in [2.05, 4.69) is 9.97 Å². The van der Waals surface area contributed by atoms with E-state index < -0.39 is 0 Å². The number of hydrogen-bond acceptors (Lipinski definition) is 7. The quantitative estimate of drug-likeness (QED) is 0.623. The van der Waals surface area contributed by atoms with Crippen molar-refractivity contribution >= 4 is 11.6 Å². The van der Waals surface area contributed by atoms with Gasteiger partial charge in [0.1, 0.15) is 35.3 Å². The summed E-state index contributed by atoms with van der Waals surface area (Å²) in [4.78, 5) is 35.8. The Hall–Kier alpha value is -3.30. The van der Waals surface area contributed by atoms with E-state index in [0.29, 0.717) is 37.7 Å². The van der Waals surface area contributed by atoms with Crippen LogP contribution in [0.25, 0.3) is 5.65 Å². The second-order valence-corrected chi connectivity index (χ2v) is 7.73. The van der Waals surface area contributed by atoms with Crippen LogP contribution in [-0.2, 0) is 9.47 Å². The second kappa shape index (κ2) is 8.09. The SMILES string of the molecule is Cc1ccc(OC2CO[C@H]3CN(C(=O)c4cnc5ccccn5c4=O)C[C@@H]3OC2)cn1. The molecule has 3 aromatic rings. The molecule has 160 valence electrons. The second-order valence-electron chi connectivity index (χ2n) is 7.73. The van der Waals surface area contributed by atoms with Crippen molar-refractivity contribution in [3.63, 3.8) is 0 Å². The summed E-state index contributed by atoms with van der Waals surface area (Å²) < 4.78 is 19.3. The van der Waals surface area contributed by atoms with Crippen molar-refractivity contribution in [3.8, 4) is 5.75 Å². The Kier molecular flexibility index (Phi) is 5.13. The van der Waals surface area contributed by atoms with Crippen LogP contribution in [0.15, 0.2) is 53.7 Å². The molecular weight excluding hydrogens is 400 g/mol. The van der Waals surface area contributed by atoms with E-state index in [1.165, 1.54) is 10.6 Å². The Bertz CT molecular complexity index is 1150. The van der Waals surface area contributed by atoms with E-state index in [1.807, 2.05) is 19.1 Å². The van der Waals surface area contributed by atoms with Gasteiger partial charge in [0, 0.05) is 31.2 Å². The van der Waals surface area contributed by atoms with Crippen molar-refractivity contribution in [1.29, 1.82) is 0 Å². The van der Waals surface area contributed by atoms with Crippen molar-refractivity contribution < 1.29 is 19.0 Å². The zero-order chi connectivity index (χ0) is 21.4. The molecular formula is C22H22N4O5. The average molecular weight is 422 g/mol. The van der Waals surface area contributed by atoms with E-state index in [1.54, 1.807) is 35.5 Å². The van der Waals surface area contributed by atoms with Crippen molar-refractivity contribution in [2.24, 2.45) is 0 Å². The van der Waals surface area contributed by atoms with Gasteiger partial charge in [-0.2, -0.15) is 0 Å². The van der Waals surface area contributed by atoms with Gasteiger partial charge in [-0.15, -0.1) is 0 Å². The average Bonchev–Trinajstić information content (AvgIpc) is 3.11. The number of aromatic nitrogens is 3. The Morgan fingerprint density at radius 3 is 2.55 bits per heavy atom. The number of likely N-dealkylation sites (tertiary alicyclic amines) is 1. The Morgan fingerprint density at radius 1 is 1.06 bits per heavy atom. The molecule has 0 radical (unpaired) electrons. The van der Waals surface area contributed by atoms with Crippen LogP contribution in [0.3, 0.4) is 0 Å². The molecule has 0 unspecified atom stereocenters. The highest BCUT2D eigenvalue weighted by atomic mass is 16.6. The van der Waals surface area contributed by atoms with Crippen LogP contribution in [-0.4, -0.2) is 69.8 Å². The van der Waals surface area contributed by atoms with Gasteiger partial charge in [0.25, 0.3) is 11.5 Å². The molecule has 0 aromatic carbocycles. The highest BCUT2D eigenvalue weighted by Crippen LogP contribution is 2.23. The topological polar surface area (TPSA) is 95.3 Å². The number of nitrogens with zero attached hydrogens (tertiary/aromatic N) is 4. The Balaban J connectivity index is 1.25. The summed E-state index contributed by atoms with van der Waals surface area (Å²) in [5, 5.41) is 0. The monoisotopic (exact) mass is 422 g/mol. The molecule has 0 spiro atoms. The standard InChI is InChI=1S/C22H22N4O5/c1-14-5-6-15(8-23-14)31-16-12-29-18-10-25(11-19(18)30-13-16)21(27)17-9-24-20-4-2-3-7-26(20)22(17)28/h2-9,16,18-19H,10-13H2,1H3/t18-,19-/m0/s1. The normalized spacial score (nSPS) is 21.6. The van der Waals surface area contributed by atoms with Crippen molar-refractivity contribution in [3.05, 3.63) is 70.5 Å². The predicted octanol–water partition coefficient (Wildman–Crippen LogP) is 1.09. The van der Waals surface area contributed by atoms with Gasteiger partial charge in [-0.3, -0.25) is 19.0 Å². The number of aryl methyl sites for hydroxylation is 1. The molecule has 5 heterocycles.